The summed E-state index contributed by atoms with van der Waals surface area (Å²) in [7, 11) is 0. The molecule has 4 nitrogen and oxygen atoms in total. The highest BCUT2D eigenvalue weighted by Crippen LogP contribution is 2.12. The maximum Gasteiger partial charge on any atom is 0.220 e. The van der Waals surface area contributed by atoms with E-state index >= 15 is 0 Å². The molecular formula is C16H19ClN2O2. The molecule has 1 aromatic rings. The second-order valence-electron chi connectivity index (χ2n) is 5.02. The van der Waals surface area contributed by atoms with Crippen LogP contribution in [0.15, 0.2) is 35.9 Å². The minimum absolute atomic E-state index is 0.0390. The van der Waals surface area contributed by atoms with Crippen LogP contribution in [-0.2, 0) is 4.79 Å². The van der Waals surface area contributed by atoms with Gasteiger partial charge >= 0.3 is 0 Å². The van der Waals surface area contributed by atoms with Crippen LogP contribution in [0.2, 0.25) is 5.02 Å². The van der Waals surface area contributed by atoms with Gasteiger partial charge in [0, 0.05) is 36.5 Å². The third kappa shape index (κ3) is 5.33. The van der Waals surface area contributed by atoms with Crippen LogP contribution in [0.5, 0.6) is 0 Å². The van der Waals surface area contributed by atoms with Gasteiger partial charge in [0.15, 0.2) is 5.78 Å². The van der Waals surface area contributed by atoms with Crippen molar-refractivity contribution in [3.8, 4) is 0 Å². The average Bonchev–Trinajstić information content (AvgIpc) is 2.52. The maximum atomic E-state index is 11.9. The van der Waals surface area contributed by atoms with Crippen molar-refractivity contribution in [3.05, 3.63) is 46.5 Å². The van der Waals surface area contributed by atoms with Crippen LogP contribution in [0.25, 0.3) is 0 Å². The van der Waals surface area contributed by atoms with Gasteiger partial charge in [-0.25, -0.2) is 0 Å². The molecular weight excluding hydrogens is 288 g/mol. The molecule has 0 aliphatic carbocycles. The first-order valence-corrected chi connectivity index (χ1v) is 7.47. The molecule has 5 heteroatoms. The molecule has 0 saturated carbocycles. The van der Waals surface area contributed by atoms with Crippen LogP contribution >= 0.6 is 11.6 Å². The van der Waals surface area contributed by atoms with Crippen LogP contribution < -0.4 is 10.6 Å². The van der Waals surface area contributed by atoms with Crippen molar-refractivity contribution in [2.24, 2.45) is 0 Å². The summed E-state index contributed by atoms with van der Waals surface area (Å²) >= 11 is 5.77. The summed E-state index contributed by atoms with van der Waals surface area (Å²) in [6.45, 7) is 2.40. The zero-order chi connectivity index (χ0) is 15.1. The Labute approximate surface area is 129 Å². The highest BCUT2D eigenvalue weighted by atomic mass is 35.5. The van der Waals surface area contributed by atoms with Crippen LogP contribution in [0, 0.1) is 0 Å². The fourth-order valence-electron chi connectivity index (χ4n) is 2.14. The predicted molar refractivity (Wildman–Crippen MR) is 83.6 cm³/mol. The Kier molecular flexibility index (Phi) is 5.96. The summed E-state index contributed by atoms with van der Waals surface area (Å²) in [6.07, 6.45) is 3.49. The average molecular weight is 307 g/mol. The van der Waals surface area contributed by atoms with E-state index in [2.05, 4.69) is 16.7 Å². The lowest BCUT2D eigenvalue weighted by Gasteiger charge is -2.14. The second-order valence-corrected chi connectivity index (χ2v) is 5.46. The first-order chi connectivity index (χ1) is 10.1. The Morgan fingerprint density at radius 2 is 1.95 bits per heavy atom. The van der Waals surface area contributed by atoms with Crippen LogP contribution in [0.4, 0.5) is 0 Å². The van der Waals surface area contributed by atoms with Gasteiger partial charge in [-0.3, -0.25) is 9.59 Å². The molecule has 21 heavy (non-hydrogen) atoms. The van der Waals surface area contributed by atoms with Gasteiger partial charge < -0.3 is 10.6 Å². The molecule has 0 unspecified atom stereocenters. The van der Waals surface area contributed by atoms with E-state index in [9.17, 15) is 9.59 Å². The largest absolute Gasteiger partial charge is 0.352 e. The number of hydrogen-bond acceptors (Lipinski definition) is 3. The molecule has 0 aromatic heterocycles. The number of carbonyl (C=O) groups is 2. The van der Waals surface area contributed by atoms with E-state index in [1.807, 2.05) is 0 Å². The highest BCUT2D eigenvalue weighted by molar-refractivity contribution is 6.30. The molecule has 0 atom stereocenters. The van der Waals surface area contributed by atoms with Gasteiger partial charge in [-0.15, -0.1) is 0 Å². The lowest BCUT2D eigenvalue weighted by molar-refractivity contribution is -0.120. The normalized spacial score (nSPS) is 14.4. The molecule has 1 aliphatic heterocycles. The Balaban J connectivity index is 1.72. The van der Waals surface area contributed by atoms with E-state index in [1.165, 1.54) is 5.57 Å². The summed E-state index contributed by atoms with van der Waals surface area (Å²) < 4.78 is 0. The lowest BCUT2D eigenvalue weighted by atomic mass is 10.1. The van der Waals surface area contributed by atoms with Crippen LogP contribution in [0.1, 0.15) is 29.6 Å². The minimum Gasteiger partial charge on any atom is -0.352 e. The molecule has 112 valence electrons. The van der Waals surface area contributed by atoms with Crippen LogP contribution in [0.3, 0.4) is 0 Å². The van der Waals surface area contributed by atoms with Gasteiger partial charge in [0.05, 0.1) is 0 Å². The zero-order valence-corrected chi connectivity index (χ0v) is 12.6. The fourth-order valence-corrected chi connectivity index (χ4v) is 2.26. The predicted octanol–water partition coefficient (Wildman–Crippen LogP) is 2.34. The monoisotopic (exact) mass is 306 g/mol. The Morgan fingerprint density at radius 1 is 1.19 bits per heavy atom. The van der Waals surface area contributed by atoms with E-state index in [1.54, 1.807) is 24.3 Å². The van der Waals surface area contributed by atoms with E-state index in [-0.39, 0.29) is 24.5 Å². The molecule has 0 radical (unpaired) electrons. The SMILES string of the molecule is O=C(CCC(=O)c1ccc(Cl)cc1)NCC1=CCNCC1. The Hall–Kier alpha value is -1.65. The molecule has 0 spiro atoms. The number of amides is 1. The first kappa shape index (κ1) is 15.7. The number of carbonyl (C=O) groups excluding carboxylic acids is 2. The smallest absolute Gasteiger partial charge is 0.220 e. The van der Waals surface area contributed by atoms with Crippen molar-refractivity contribution in [2.45, 2.75) is 19.3 Å². The third-order valence-electron chi connectivity index (χ3n) is 3.42. The molecule has 0 bridgehead atoms. The van der Waals surface area contributed by atoms with E-state index in [0.29, 0.717) is 17.1 Å². The number of hydrogen-bond donors (Lipinski definition) is 2. The summed E-state index contributed by atoms with van der Waals surface area (Å²) in [5.41, 5.74) is 1.83. The van der Waals surface area contributed by atoms with Crippen LogP contribution in [-0.4, -0.2) is 31.3 Å². The number of Topliss-reactive ketones (excluding diaryl/α,β-unsaturated/α-hetero) is 1. The molecule has 1 amide bonds. The molecule has 1 aliphatic rings. The van der Waals surface area contributed by atoms with Gasteiger partial charge in [0.2, 0.25) is 5.91 Å². The summed E-state index contributed by atoms with van der Waals surface area (Å²) in [4.78, 5) is 23.7. The Bertz CT molecular complexity index is 538. The van der Waals surface area contributed by atoms with Crippen molar-refractivity contribution >= 4 is 23.3 Å². The zero-order valence-electron chi connectivity index (χ0n) is 11.8. The van der Waals surface area contributed by atoms with Gasteiger partial charge in [-0.1, -0.05) is 23.3 Å². The van der Waals surface area contributed by atoms with Gasteiger partial charge in [-0.05, 0) is 37.2 Å². The van der Waals surface area contributed by atoms with E-state index in [4.69, 9.17) is 11.6 Å². The third-order valence-corrected chi connectivity index (χ3v) is 3.67. The lowest BCUT2D eigenvalue weighted by Crippen LogP contribution is -2.29. The molecule has 2 N–H and O–H groups in total. The van der Waals surface area contributed by atoms with Gasteiger partial charge in [0.25, 0.3) is 0 Å². The number of nitrogens with one attached hydrogen (secondary N) is 2. The fraction of sp³-hybridized carbons (Fsp3) is 0.375. The number of halogens is 1. The molecule has 0 saturated heterocycles. The quantitative estimate of drug-likeness (QED) is 0.626. The van der Waals surface area contributed by atoms with Crippen molar-refractivity contribution in [3.63, 3.8) is 0 Å². The first-order valence-electron chi connectivity index (χ1n) is 7.09. The maximum absolute atomic E-state index is 11.9. The number of rotatable bonds is 6. The minimum atomic E-state index is -0.0863. The van der Waals surface area contributed by atoms with E-state index in [0.717, 1.165) is 19.5 Å². The molecule has 2 rings (SSSR count). The molecule has 1 heterocycles. The summed E-state index contributed by atoms with van der Waals surface area (Å²) in [5.74, 6) is -0.125. The summed E-state index contributed by atoms with van der Waals surface area (Å²) in [5, 5.41) is 6.68. The summed E-state index contributed by atoms with van der Waals surface area (Å²) in [6, 6.07) is 6.72. The van der Waals surface area contributed by atoms with Gasteiger partial charge in [-0.2, -0.15) is 0 Å². The molecule has 0 fully saturated rings. The van der Waals surface area contributed by atoms with Crippen molar-refractivity contribution in [1.82, 2.24) is 10.6 Å². The standard InChI is InChI=1S/C16H19ClN2O2/c17-14-3-1-13(2-4-14)15(20)5-6-16(21)19-11-12-7-9-18-10-8-12/h1-4,7,18H,5-6,8-11H2,(H,19,21). The number of benzene rings is 1. The van der Waals surface area contributed by atoms with Gasteiger partial charge in [0.1, 0.15) is 0 Å². The number of ketones is 1. The van der Waals surface area contributed by atoms with Crippen molar-refractivity contribution in [2.75, 3.05) is 19.6 Å². The highest BCUT2D eigenvalue weighted by Gasteiger charge is 2.10. The van der Waals surface area contributed by atoms with E-state index < -0.39 is 0 Å². The molecule has 1 aromatic carbocycles. The van der Waals surface area contributed by atoms with Crippen molar-refractivity contribution < 1.29 is 9.59 Å². The Morgan fingerprint density at radius 3 is 2.62 bits per heavy atom. The van der Waals surface area contributed by atoms with Crippen molar-refractivity contribution in [1.29, 1.82) is 0 Å². The topological polar surface area (TPSA) is 58.2 Å². The second kappa shape index (κ2) is 7.96.